The maximum Gasteiger partial charge on any atom is 0.423 e. The van der Waals surface area contributed by atoms with Gasteiger partial charge in [-0.25, -0.2) is 0 Å². The third kappa shape index (κ3) is 3.57. The molecule has 0 heterocycles. The molecule has 46 valence electrons. The van der Waals surface area contributed by atoms with Crippen LogP contribution >= 0.6 is 0 Å². The van der Waals surface area contributed by atoms with Crippen LogP contribution in [0.15, 0.2) is 0 Å². The standard InChI is InChI=1S/C6H12NO/c1-3-4-5-7(2)6-8/h3-5H2,1-2H3/q+1. The fourth-order valence-corrected chi connectivity index (χ4v) is 0.441. The van der Waals surface area contributed by atoms with Gasteiger partial charge >= 0.3 is 6.08 Å². The van der Waals surface area contributed by atoms with Crippen LogP contribution in [0, 0.1) is 0 Å². The van der Waals surface area contributed by atoms with Gasteiger partial charge in [0, 0.05) is 6.42 Å². The zero-order chi connectivity index (χ0) is 6.41. The first-order chi connectivity index (χ1) is 3.81. The normalized spacial score (nSPS) is 8.25. The van der Waals surface area contributed by atoms with E-state index in [-0.39, 0.29) is 0 Å². The molecule has 0 atom stereocenters. The predicted molar refractivity (Wildman–Crippen MR) is 31.7 cm³/mol. The Hall–Kier alpha value is -0.620. The van der Waals surface area contributed by atoms with Gasteiger partial charge in [-0.2, -0.15) is 9.37 Å². The molecular weight excluding hydrogens is 102 g/mol. The van der Waals surface area contributed by atoms with Crippen LogP contribution in [-0.2, 0) is 4.79 Å². The molecule has 0 aliphatic carbocycles. The minimum absolute atomic E-state index is 0.833. The van der Waals surface area contributed by atoms with Gasteiger partial charge in [-0.15, -0.1) is 0 Å². The molecule has 0 N–H and O–H groups in total. The van der Waals surface area contributed by atoms with Crippen LogP contribution < -0.4 is 0 Å². The average molecular weight is 114 g/mol. The lowest BCUT2D eigenvalue weighted by Crippen LogP contribution is -2.04. The molecule has 2 heteroatoms. The SMILES string of the molecule is CCCC[N+](C)=C=O. The molecule has 0 aliphatic rings. The lowest BCUT2D eigenvalue weighted by Gasteiger charge is -1.85. The summed E-state index contributed by atoms with van der Waals surface area (Å²) >= 11 is 0. The Morgan fingerprint density at radius 1 is 1.62 bits per heavy atom. The quantitative estimate of drug-likeness (QED) is 0.301. The summed E-state index contributed by atoms with van der Waals surface area (Å²) in [4.78, 5) is 9.81. The van der Waals surface area contributed by atoms with E-state index >= 15 is 0 Å². The van der Waals surface area contributed by atoms with Gasteiger partial charge in [0.1, 0.15) is 7.05 Å². The van der Waals surface area contributed by atoms with Crippen LogP contribution in [0.3, 0.4) is 0 Å². The van der Waals surface area contributed by atoms with Crippen LogP contribution in [0.2, 0.25) is 0 Å². The molecule has 8 heavy (non-hydrogen) atoms. The van der Waals surface area contributed by atoms with Crippen molar-refractivity contribution in [2.45, 2.75) is 19.8 Å². The molecule has 0 aromatic rings. The average Bonchev–Trinajstić information content (AvgIpc) is 1.83. The maximum absolute atomic E-state index is 9.81. The highest BCUT2D eigenvalue weighted by atomic mass is 16.1. The highest BCUT2D eigenvalue weighted by Gasteiger charge is 1.91. The Kier molecular flexibility index (Phi) is 4.19. The molecule has 0 radical (unpaired) electrons. The molecule has 0 rings (SSSR count). The Bertz CT molecular complexity index is 103. The summed E-state index contributed by atoms with van der Waals surface area (Å²) in [6.45, 7) is 2.93. The third-order valence-corrected chi connectivity index (χ3v) is 1.00. The number of hydrogen-bond acceptors (Lipinski definition) is 1. The molecule has 0 aliphatic heterocycles. The van der Waals surface area contributed by atoms with E-state index in [1.165, 1.54) is 4.58 Å². The van der Waals surface area contributed by atoms with Crippen molar-refractivity contribution in [2.75, 3.05) is 13.6 Å². The van der Waals surface area contributed by atoms with Crippen molar-refractivity contribution in [1.29, 1.82) is 0 Å². The van der Waals surface area contributed by atoms with E-state index in [2.05, 4.69) is 6.92 Å². The summed E-state index contributed by atoms with van der Waals surface area (Å²) in [6.07, 6.45) is 3.99. The van der Waals surface area contributed by atoms with Gasteiger partial charge in [0.05, 0.1) is 0 Å². The number of unbranched alkanes of at least 4 members (excludes halogenated alkanes) is 1. The minimum Gasteiger partial charge on any atom is -0.159 e. The van der Waals surface area contributed by atoms with Gasteiger partial charge in [-0.3, -0.25) is 0 Å². The fourth-order valence-electron chi connectivity index (χ4n) is 0.441. The molecule has 0 bridgehead atoms. The maximum atomic E-state index is 9.81. The largest absolute Gasteiger partial charge is 0.423 e. The molecule has 0 unspecified atom stereocenters. The summed E-state index contributed by atoms with van der Waals surface area (Å²) in [5.41, 5.74) is 0. The zero-order valence-corrected chi connectivity index (χ0v) is 5.48. The second-order valence-corrected chi connectivity index (χ2v) is 1.87. The Morgan fingerprint density at radius 2 is 2.25 bits per heavy atom. The molecule has 0 aromatic heterocycles. The Balaban J connectivity index is 3.26. The van der Waals surface area contributed by atoms with E-state index < -0.39 is 0 Å². The van der Waals surface area contributed by atoms with Crippen molar-refractivity contribution in [3.8, 4) is 0 Å². The summed E-state index contributed by atoms with van der Waals surface area (Å²) < 4.78 is 1.53. The molecule has 0 amide bonds. The number of nitrogens with zero attached hydrogens (tertiary/aromatic N) is 1. The molecule has 0 saturated carbocycles. The van der Waals surface area contributed by atoms with Crippen LogP contribution in [0.5, 0.6) is 0 Å². The van der Waals surface area contributed by atoms with E-state index in [1.54, 1.807) is 13.1 Å². The van der Waals surface area contributed by atoms with Crippen molar-refractivity contribution < 1.29 is 9.37 Å². The second-order valence-electron chi connectivity index (χ2n) is 1.87. The molecule has 2 nitrogen and oxygen atoms in total. The van der Waals surface area contributed by atoms with Crippen LogP contribution in [0.25, 0.3) is 0 Å². The molecule has 0 saturated heterocycles. The fraction of sp³-hybridized carbons (Fsp3) is 0.833. The van der Waals surface area contributed by atoms with Gasteiger partial charge in [-0.1, -0.05) is 13.3 Å². The van der Waals surface area contributed by atoms with E-state index in [4.69, 9.17) is 0 Å². The van der Waals surface area contributed by atoms with Gasteiger partial charge in [0.2, 0.25) is 0 Å². The monoisotopic (exact) mass is 114 g/mol. The van der Waals surface area contributed by atoms with Gasteiger partial charge < -0.3 is 0 Å². The van der Waals surface area contributed by atoms with Crippen molar-refractivity contribution in [3.05, 3.63) is 0 Å². The molecular formula is C6H12NO+. The van der Waals surface area contributed by atoms with Crippen molar-refractivity contribution in [1.82, 2.24) is 0 Å². The van der Waals surface area contributed by atoms with Crippen molar-refractivity contribution in [2.24, 2.45) is 0 Å². The first-order valence-corrected chi connectivity index (χ1v) is 2.90. The second kappa shape index (κ2) is 4.54. The summed E-state index contributed by atoms with van der Waals surface area (Å²) in [6, 6.07) is 0. The first-order valence-electron chi connectivity index (χ1n) is 2.90. The zero-order valence-electron chi connectivity index (χ0n) is 5.48. The van der Waals surface area contributed by atoms with E-state index in [0.717, 1.165) is 19.4 Å². The van der Waals surface area contributed by atoms with Crippen LogP contribution in [-0.4, -0.2) is 24.2 Å². The minimum atomic E-state index is 0.833. The van der Waals surface area contributed by atoms with Gasteiger partial charge in [0.15, 0.2) is 6.54 Å². The first kappa shape index (κ1) is 7.38. The lowest BCUT2D eigenvalue weighted by atomic mass is 10.3. The molecule has 0 spiro atoms. The number of carbonyl (C=O) groups excluding carboxylic acids is 1. The lowest BCUT2D eigenvalue weighted by molar-refractivity contribution is -0.494. The third-order valence-electron chi connectivity index (χ3n) is 1.00. The van der Waals surface area contributed by atoms with E-state index in [0.29, 0.717) is 0 Å². The number of hydrogen-bond donors (Lipinski definition) is 0. The topological polar surface area (TPSA) is 20.1 Å². The van der Waals surface area contributed by atoms with Gasteiger partial charge in [0.25, 0.3) is 0 Å². The molecule has 0 fully saturated rings. The van der Waals surface area contributed by atoms with Crippen LogP contribution in [0.1, 0.15) is 19.8 Å². The predicted octanol–water partition coefficient (Wildman–Crippen LogP) is 0.765. The summed E-state index contributed by atoms with van der Waals surface area (Å²) in [5, 5.41) is 0. The van der Waals surface area contributed by atoms with E-state index in [1.807, 2.05) is 0 Å². The van der Waals surface area contributed by atoms with Gasteiger partial charge in [-0.05, 0) is 0 Å². The highest BCUT2D eigenvalue weighted by molar-refractivity contribution is 5.24. The highest BCUT2D eigenvalue weighted by Crippen LogP contribution is 1.83. The Labute approximate surface area is 49.8 Å². The summed E-state index contributed by atoms with van der Waals surface area (Å²) in [5.74, 6) is 0. The summed E-state index contributed by atoms with van der Waals surface area (Å²) in [7, 11) is 1.74. The van der Waals surface area contributed by atoms with Crippen LogP contribution in [0.4, 0.5) is 0 Å². The Morgan fingerprint density at radius 3 is 2.62 bits per heavy atom. The van der Waals surface area contributed by atoms with E-state index in [9.17, 15) is 4.79 Å². The molecule has 0 aromatic carbocycles. The number of isocyanates is 1. The number of rotatable bonds is 3. The van der Waals surface area contributed by atoms with Crippen molar-refractivity contribution >= 4 is 6.08 Å². The smallest absolute Gasteiger partial charge is 0.159 e. The van der Waals surface area contributed by atoms with Crippen molar-refractivity contribution in [3.63, 3.8) is 0 Å².